The number of benzene rings is 1. The van der Waals surface area contributed by atoms with E-state index in [1.54, 1.807) is 13.0 Å². The van der Waals surface area contributed by atoms with Crippen LogP contribution in [0, 0.1) is 29.5 Å². The Kier molecular flexibility index (Phi) is 4.99. The zero-order valence-electron chi connectivity index (χ0n) is 16.3. The maximum absolute atomic E-state index is 14.2. The highest BCUT2D eigenvalue weighted by molar-refractivity contribution is 5.59. The van der Waals surface area contributed by atoms with Crippen LogP contribution in [-0.2, 0) is 6.18 Å². The van der Waals surface area contributed by atoms with Gasteiger partial charge in [0.2, 0.25) is 0 Å². The number of aryl methyl sites for hydroxylation is 1. The first-order valence-corrected chi connectivity index (χ1v) is 8.80. The van der Waals surface area contributed by atoms with Crippen LogP contribution < -0.4 is 5.32 Å². The van der Waals surface area contributed by atoms with Crippen LogP contribution in [0.5, 0.6) is 0 Å². The molecular weight excluding hydrogens is 386 g/mol. The van der Waals surface area contributed by atoms with Crippen molar-refractivity contribution in [2.24, 2.45) is 5.41 Å². The first-order valence-electron chi connectivity index (χ1n) is 8.80. The number of hydrogen-bond acceptors (Lipinski definition) is 4. The van der Waals surface area contributed by atoms with Crippen molar-refractivity contribution in [1.82, 2.24) is 14.6 Å². The van der Waals surface area contributed by atoms with Crippen molar-refractivity contribution in [3.8, 4) is 6.07 Å². The number of hydrogen-bond donors (Lipinski definition) is 1. The average Bonchev–Trinajstić information content (AvgIpc) is 3.00. The summed E-state index contributed by atoms with van der Waals surface area (Å²) in [5.74, 6) is -0.831. The van der Waals surface area contributed by atoms with Crippen LogP contribution in [0.2, 0.25) is 0 Å². The van der Waals surface area contributed by atoms with E-state index >= 15 is 0 Å². The van der Waals surface area contributed by atoms with Gasteiger partial charge in [0.1, 0.15) is 23.3 Å². The van der Waals surface area contributed by atoms with Crippen molar-refractivity contribution in [3.05, 3.63) is 58.7 Å². The van der Waals surface area contributed by atoms with E-state index in [9.17, 15) is 22.8 Å². The van der Waals surface area contributed by atoms with Crippen molar-refractivity contribution < 1.29 is 17.6 Å². The highest BCUT2D eigenvalue weighted by atomic mass is 19.4. The second-order valence-corrected chi connectivity index (χ2v) is 7.87. The van der Waals surface area contributed by atoms with E-state index in [1.807, 2.05) is 26.8 Å². The predicted octanol–water partition coefficient (Wildman–Crippen LogP) is 5.27. The van der Waals surface area contributed by atoms with Gasteiger partial charge in [-0.25, -0.2) is 9.37 Å². The summed E-state index contributed by atoms with van der Waals surface area (Å²) in [6.45, 7) is 7.41. The zero-order valence-corrected chi connectivity index (χ0v) is 16.3. The van der Waals surface area contributed by atoms with E-state index in [4.69, 9.17) is 0 Å². The molecule has 1 N–H and O–H groups in total. The van der Waals surface area contributed by atoms with Gasteiger partial charge in [0.25, 0.3) is 0 Å². The van der Waals surface area contributed by atoms with E-state index in [1.165, 1.54) is 16.8 Å². The van der Waals surface area contributed by atoms with Gasteiger partial charge < -0.3 is 5.32 Å². The number of alkyl halides is 3. The lowest BCUT2D eigenvalue weighted by Gasteiger charge is -2.33. The van der Waals surface area contributed by atoms with Gasteiger partial charge >= 0.3 is 6.18 Å². The number of anilines is 1. The quantitative estimate of drug-likeness (QED) is 0.603. The molecule has 3 aromatic rings. The van der Waals surface area contributed by atoms with Crippen molar-refractivity contribution in [2.45, 2.75) is 39.9 Å². The second-order valence-electron chi connectivity index (χ2n) is 7.87. The lowest BCUT2D eigenvalue weighted by atomic mass is 9.82. The highest BCUT2D eigenvalue weighted by Gasteiger charge is 2.35. The summed E-state index contributed by atoms with van der Waals surface area (Å²) < 4.78 is 54.4. The lowest BCUT2D eigenvalue weighted by molar-refractivity contribution is -0.140. The van der Waals surface area contributed by atoms with Crippen LogP contribution in [0.4, 0.5) is 23.4 Å². The molecule has 0 aliphatic carbocycles. The molecule has 0 amide bonds. The molecule has 0 saturated heterocycles. The largest absolute Gasteiger partial charge is 0.419 e. The number of fused-ring (bicyclic) bond motifs is 1. The summed E-state index contributed by atoms with van der Waals surface area (Å²) in [5.41, 5.74) is -0.143. The van der Waals surface area contributed by atoms with Gasteiger partial charge in [-0.2, -0.15) is 28.0 Å². The zero-order chi connectivity index (χ0) is 21.6. The van der Waals surface area contributed by atoms with Crippen molar-refractivity contribution in [3.63, 3.8) is 0 Å². The number of nitrogens with zero attached hydrogens (tertiary/aromatic N) is 4. The van der Waals surface area contributed by atoms with Gasteiger partial charge in [0.15, 0.2) is 5.65 Å². The minimum absolute atomic E-state index is 0.296. The third-order valence-electron chi connectivity index (χ3n) is 4.51. The minimum atomic E-state index is -4.76. The van der Waals surface area contributed by atoms with Crippen molar-refractivity contribution in [1.29, 1.82) is 5.26 Å². The molecular formula is C20H19F4N5. The van der Waals surface area contributed by atoms with Gasteiger partial charge in [-0.1, -0.05) is 26.8 Å². The Labute approximate surface area is 165 Å². The van der Waals surface area contributed by atoms with Crippen LogP contribution in [-0.4, -0.2) is 14.6 Å². The molecule has 0 saturated carbocycles. The van der Waals surface area contributed by atoms with E-state index < -0.39 is 29.0 Å². The standard InChI is InChI=1S/C20H19F4N5/c1-11-7-16(29-18(27-11)13(9-25)10-26-29)28-17(19(2,3)4)12-5-6-14(15(21)8-12)20(22,23)24/h5-8,10,17,28H,1-4H3/t17-/m0/s1. The molecule has 0 aliphatic rings. The van der Waals surface area contributed by atoms with E-state index in [2.05, 4.69) is 15.4 Å². The average molecular weight is 405 g/mol. The normalized spacial score (nSPS) is 13.3. The number of rotatable bonds is 3. The monoisotopic (exact) mass is 405 g/mol. The van der Waals surface area contributed by atoms with E-state index in [-0.39, 0.29) is 0 Å². The van der Waals surface area contributed by atoms with Gasteiger partial charge in [0, 0.05) is 11.8 Å². The number of nitriles is 1. The molecule has 0 radical (unpaired) electrons. The van der Waals surface area contributed by atoms with E-state index in [0.29, 0.717) is 28.3 Å². The summed E-state index contributed by atoms with van der Waals surface area (Å²) in [6, 6.07) is 6.11. The summed E-state index contributed by atoms with van der Waals surface area (Å²) in [5, 5.41) is 16.6. The van der Waals surface area contributed by atoms with Gasteiger partial charge in [-0.3, -0.25) is 0 Å². The van der Waals surface area contributed by atoms with Gasteiger partial charge in [0.05, 0.1) is 17.8 Å². The molecule has 2 aromatic heterocycles. The number of aromatic nitrogens is 3. The molecule has 0 aliphatic heterocycles. The fraction of sp³-hybridized carbons (Fsp3) is 0.350. The third-order valence-corrected chi connectivity index (χ3v) is 4.51. The van der Waals surface area contributed by atoms with Crippen LogP contribution in [0.25, 0.3) is 5.65 Å². The predicted molar refractivity (Wildman–Crippen MR) is 99.7 cm³/mol. The van der Waals surface area contributed by atoms with Crippen molar-refractivity contribution >= 4 is 11.5 Å². The maximum atomic E-state index is 14.2. The molecule has 152 valence electrons. The Bertz CT molecular complexity index is 1100. The molecule has 2 heterocycles. The SMILES string of the molecule is Cc1cc(N[C@@H](c2ccc(C(F)(F)F)c(F)c2)C(C)(C)C)n2ncc(C#N)c2n1. The summed E-state index contributed by atoms with van der Waals surface area (Å²) in [6.07, 6.45) is -3.37. The molecule has 0 spiro atoms. The first-order chi connectivity index (χ1) is 13.4. The Morgan fingerprint density at radius 1 is 1.17 bits per heavy atom. The summed E-state index contributed by atoms with van der Waals surface area (Å²) in [7, 11) is 0. The Hall–Kier alpha value is -3.15. The maximum Gasteiger partial charge on any atom is 0.419 e. The summed E-state index contributed by atoms with van der Waals surface area (Å²) >= 11 is 0. The van der Waals surface area contributed by atoms with Crippen LogP contribution >= 0.6 is 0 Å². The fourth-order valence-electron chi connectivity index (χ4n) is 3.15. The van der Waals surface area contributed by atoms with Crippen LogP contribution in [0.1, 0.15) is 49.2 Å². The molecule has 9 heteroatoms. The third kappa shape index (κ3) is 4.01. The second kappa shape index (κ2) is 7.03. The Morgan fingerprint density at radius 2 is 1.86 bits per heavy atom. The van der Waals surface area contributed by atoms with E-state index in [0.717, 1.165) is 12.1 Å². The van der Waals surface area contributed by atoms with Gasteiger partial charge in [-0.05, 0) is 30.0 Å². The molecule has 3 rings (SSSR count). The first kappa shape index (κ1) is 20.6. The van der Waals surface area contributed by atoms with Crippen molar-refractivity contribution in [2.75, 3.05) is 5.32 Å². The molecule has 1 aromatic carbocycles. The van der Waals surface area contributed by atoms with Crippen LogP contribution in [0.15, 0.2) is 30.5 Å². The molecule has 1 atom stereocenters. The fourth-order valence-corrected chi connectivity index (χ4v) is 3.15. The van der Waals surface area contributed by atoms with Gasteiger partial charge in [-0.15, -0.1) is 0 Å². The molecule has 5 nitrogen and oxygen atoms in total. The lowest BCUT2D eigenvalue weighted by Crippen LogP contribution is -2.27. The highest BCUT2D eigenvalue weighted by Crippen LogP contribution is 2.38. The molecule has 0 bridgehead atoms. The molecule has 29 heavy (non-hydrogen) atoms. The molecule has 0 unspecified atom stereocenters. The van der Waals surface area contributed by atoms with Crippen LogP contribution in [0.3, 0.4) is 0 Å². The Balaban J connectivity index is 2.09. The smallest absolute Gasteiger partial charge is 0.363 e. The Morgan fingerprint density at radius 3 is 2.41 bits per heavy atom. The minimum Gasteiger partial charge on any atom is -0.363 e. The molecule has 0 fully saturated rings. The number of nitrogens with one attached hydrogen (secondary N) is 1. The topological polar surface area (TPSA) is 66.0 Å². The summed E-state index contributed by atoms with van der Waals surface area (Å²) in [4.78, 5) is 4.32. The number of halogens is 4.